The quantitative estimate of drug-likeness (QED) is 0.744. The van der Waals surface area contributed by atoms with Gasteiger partial charge in [0.15, 0.2) is 0 Å². The van der Waals surface area contributed by atoms with Crippen molar-refractivity contribution in [3.63, 3.8) is 0 Å². The molecule has 0 heterocycles. The molecule has 0 fully saturated rings. The van der Waals surface area contributed by atoms with Gasteiger partial charge in [-0.05, 0) is 45.2 Å². The molecule has 0 saturated carbocycles. The first-order valence-corrected chi connectivity index (χ1v) is 6.25. The fraction of sp³-hybridized carbons (Fsp3) is 0.462. The van der Waals surface area contributed by atoms with Gasteiger partial charge in [-0.3, -0.25) is 4.79 Å². The van der Waals surface area contributed by atoms with Crippen LogP contribution in [0, 0.1) is 0 Å². The van der Waals surface area contributed by atoms with Crippen molar-refractivity contribution < 1.29 is 9.90 Å². The van der Waals surface area contributed by atoms with E-state index in [9.17, 15) is 9.90 Å². The predicted molar refractivity (Wildman–Crippen MR) is 73.0 cm³/mol. The zero-order valence-corrected chi connectivity index (χ0v) is 11.4. The van der Waals surface area contributed by atoms with Crippen LogP contribution in [0.3, 0.4) is 0 Å². The number of benzene rings is 1. The summed E-state index contributed by atoms with van der Waals surface area (Å²) in [6, 6.07) is 6.27. The molecule has 1 aromatic rings. The zero-order valence-electron chi connectivity index (χ0n) is 10.7. The number of carbonyl (C=O) groups is 1. The molecule has 2 N–H and O–H groups in total. The van der Waals surface area contributed by atoms with Crippen molar-refractivity contribution >= 4 is 17.6 Å². The third-order valence-corrected chi connectivity index (χ3v) is 2.94. The molecule has 0 aromatic heterocycles. The lowest BCUT2D eigenvalue weighted by molar-refractivity contribution is -0.139. The van der Waals surface area contributed by atoms with E-state index < -0.39 is 12.0 Å². The molecule has 5 heteroatoms. The van der Waals surface area contributed by atoms with Crippen molar-refractivity contribution in [3.8, 4) is 0 Å². The minimum Gasteiger partial charge on any atom is -0.480 e. The minimum atomic E-state index is -0.909. The van der Waals surface area contributed by atoms with Crippen molar-refractivity contribution in [3.05, 3.63) is 34.9 Å². The van der Waals surface area contributed by atoms with Gasteiger partial charge in [0.05, 0.1) is 0 Å². The van der Waals surface area contributed by atoms with E-state index in [1.807, 2.05) is 14.1 Å². The van der Waals surface area contributed by atoms with Crippen LogP contribution < -0.4 is 5.32 Å². The highest BCUT2D eigenvalue weighted by molar-refractivity contribution is 6.31. The average molecular weight is 271 g/mol. The molecule has 0 bridgehead atoms. The second-order valence-corrected chi connectivity index (χ2v) is 4.81. The maximum Gasteiger partial charge on any atom is 0.325 e. The molecule has 0 saturated heterocycles. The minimum absolute atomic E-state index is 0.477. The van der Waals surface area contributed by atoms with E-state index in [1.54, 1.807) is 24.3 Å². The lowest BCUT2D eigenvalue weighted by Crippen LogP contribution is -2.31. The van der Waals surface area contributed by atoms with E-state index in [2.05, 4.69) is 10.2 Å². The first-order valence-electron chi connectivity index (χ1n) is 5.87. The van der Waals surface area contributed by atoms with E-state index >= 15 is 0 Å². The molecule has 1 atom stereocenters. The Morgan fingerprint density at radius 2 is 2.11 bits per heavy atom. The highest BCUT2D eigenvalue weighted by Gasteiger charge is 2.20. The SMILES string of the molecule is CN(C)CCCNC(C(=O)O)c1ccccc1Cl. The molecule has 1 aromatic carbocycles. The summed E-state index contributed by atoms with van der Waals surface area (Å²) in [5.74, 6) is -0.909. The molecule has 0 aliphatic rings. The van der Waals surface area contributed by atoms with Gasteiger partial charge in [0, 0.05) is 5.02 Å². The summed E-state index contributed by atoms with van der Waals surface area (Å²) in [6.07, 6.45) is 0.890. The van der Waals surface area contributed by atoms with Gasteiger partial charge in [0.25, 0.3) is 0 Å². The molecule has 0 aliphatic carbocycles. The molecule has 0 spiro atoms. The fourth-order valence-corrected chi connectivity index (χ4v) is 1.93. The Hall–Kier alpha value is -1.10. The Balaban J connectivity index is 2.61. The lowest BCUT2D eigenvalue weighted by Gasteiger charge is -2.17. The van der Waals surface area contributed by atoms with E-state index in [0.29, 0.717) is 17.1 Å². The number of nitrogens with one attached hydrogen (secondary N) is 1. The molecule has 18 heavy (non-hydrogen) atoms. The third-order valence-electron chi connectivity index (χ3n) is 2.59. The van der Waals surface area contributed by atoms with E-state index in [-0.39, 0.29) is 0 Å². The fourth-order valence-electron chi connectivity index (χ4n) is 1.68. The van der Waals surface area contributed by atoms with Gasteiger partial charge in [-0.25, -0.2) is 0 Å². The Morgan fingerprint density at radius 3 is 2.67 bits per heavy atom. The Labute approximate surface area is 113 Å². The summed E-state index contributed by atoms with van der Waals surface area (Å²) in [4.78, 5) is 13.3. The number of hydrogen-bond donors (Lipinski definition) is 2. The topological polar surface area (TPSA) is 52.6 Å². The highest BCUT2D eigenvalue weighted by Crippen LogP contribution is 2.22. The van der Waals surface area contributed by atoms with Gasteiger partial charge in [-0.2, -0.15) is 0 Å². The van der Waals surface area contributed by atoms with Crippen LogP contribution in [0.1, 0.15) is 18.0 Å². The van der Waals surface area contributed by atoms with Gasteiger partial charge in [-0.1, -0.05) is 29.8 Å². The van der Waals surface area contributed by atoms with Crippen molar-refractivity contribution in [2.45, 2.75) is 12.5 Å². The number of rotatable bonds is 7. The largest absolute Gasteiger partial charge is 0.480 e. The van der Waals surface area contributed by atoms with Crippen LogP contribution in [0.5, 0.6) is 0 Å². The summed E-state index contributed by atoms with van der Waals surface area (Å²) in [6.45, 7) is 1.56. The Bertz CT molecular complexity index is 396. The van der Waals surface area contributed by atoms with E-state index in [4.69, 9.17) is 11.6 Å². The first kappa shape index (κ1) is 15.0. The zero-order chi connectivity index (χ0) is 13.5. The van der Waals surface area contributed by atoms with E-state index in [1.165, 1.54) is 0 Å². The molecule has 4 nitrogen and oxygen atoms in total. The van der Waals surface area contributed by atoms with Gasteiger partial charge in [-0.15, -0.1) is 0 Å². The summed E-state index contributed by atoms with van der Waals surface area (Å²) in [5.41, 5.74) is 0.608. The van der Waals surface area contributed by atoms with Crippen LogP contribution in [0.4, 0.5) is 0 Å². The van der Waals surface area contributed by atoms with Crippen molar-refractivity contribution in [1.82, 2.24) is 10.2 Å². The maximum atomic E-state index is 11.2. The van der Waals surface area contributed by atoms with Crippen LogP contribution in [0.25, 0.3) is 0 Å². The predicted octanol–water partition coefficient (Wildman–Crippen LogP) is 2.01. The number of hydrogen-bond acceptors (Lipinski definition) is 3. The maximum absolute atomic E-state index is 11.2. The van der Waals surface area contributed by atoms with Crippen LogP contribution in [-0.2, 0) is 4.79 Å². The summed E-state index contributed by atoms with van der Waals surface area (Å²) >= 11 is 6.01. The van der Waals surface area contributed by atoms with Crippen molar-refractivity contribution in [1.29, 1.82) is 0 Å². The number of nitrogens with zero attached hydrogens (tertiary/aromatic N) is 1. The number of carboxylic acid groups (broad SMARTS) is 1. The van der Waals surface area contributed by atoms with Gasteiger partial charge < -0.3 is 15.3 Å². The second-order valence-electron chi connectivity index (χ2n) is 4.40. The molecule has 100 valence electrons. The molecule has 1 unspecified atom stereocenters. The molecular formula is C13H19ClN2O2. The second kappa shape index (κ2) is 7.36. The first-order chi connectivity index (χ1) is 8.52. The molecule has 0 aliphatic heterocycles. The normalized spacial score (nSPS) is 12.7. The van der Waals surface area contributed by atoms with Crippen LogP contribution in [0.2, 0.25) is 5.02 Å². The van der Waals surface area contributed by atoms with Gasteiger partial charge >= 0.3 is 5.97 Å². The third kappa shape index (κ3) is 4.64. The summed E-state index contributed by atoms with van der Waals surface area (Å²) in [7, 11) is 3.98. The molecule has 0 radical (unpaired) electrons. The lowest BCUT2D eigenvalue weighted by atomic mass is 10.1. The van der Waals surface area contributed by atoms with Crippen LogP contribution in [0.15, 0.2) is 24.3 Å². The highest BCUT2D eigenvalue weighted by atomic mass is 35.5. The van der Waals surface area contributed by atoms with Gasteiger partial charge in [0.2, 0.25) is 0 Å². The molecule has 0 amide bonds. The van der Waals surface area contributed by atoms with E-state index in [0.717, 1.165) is 13.0 Å². The number of aliphatic carboxylic acids is 1. The van der Waals surface area contributed by atoms with Gasteiger partial charge in [0.1, 0.15) is 6.04 Å². The van der Waals surface area contributed by atoms with Crippen molar-refractivity contribution in [2.75, 3.05) is 27.2 Å². The van der Waals surface area contributed by atoms with Crippen LogP contribution >= 0.6 is 11.6 Å². The summed E-state index contributed by atoms with van der Waals surface area (Å²) in [5, 5.41) is 12.7. The Morgan fingerprint density at radius 1 is 1.44 bits per heavy atom. The monoisotopic (exact) mass is 270 g/mol. The average Bonchev–Trinajstić information content (AvgIpc) is 2.30. The molecule has 1 rings (SSSR count). The smallest absolute Gasteiger partial charge is 0.325 e. The molecular weight excluding hydrogens is 252 g/mol. The number of halogens is 1. The standard InChI is InChI=1S/C13H19ClN2O2/c1-16(2)9-5-8-15-12(13(17)18)10-6-3-4-7-11(10)14/h3-4,6-7,12,15H,5,8-9H2,1-2H3,(H,17,18). The number of carboxylic acids is 1. The van der Waals surface area contributed by atoms with Crippen molar-refractivity contribution in [2.24, 2.45) is 0 Å². The van der Waals surface area contributed by atoms with Crippen LogP contribution in [-0.4, -0.2) is 43.2 Å². The summed E-state index contributed by atoms with van der Waals surface area (Å²) < 4.78 is 0. The Kier molecular flexibility index (Phi) is 6.12.